The Morgan fingerprint density at radius 1 is 0.864 bits per heavy atom. The van der Waals surface area contributed by atoms with Crippen molar-refractivity contribution in [2.24, 2.45) is 5.92 Å². The fourth-order valence-electron chi connectivity index (χ4n) is 3.14. The van der Waals surface area contributed by atoms with E-state index in [0.717, 1.165) is 24.8 Å². The van der Waals surface area contributed by atoms with Gasteiger partial charge in [0.05, 0.1) is 6.61 Å². The summed E-state index contributed by atoms with van der Waals surface area (Å²) in [4.78, 5) is 2.57. The van der Waals surface area contributed by atoms with Crippen LogP contribution >= 0.6 is 0 Å². The molecule has 1 heterocycles. The van der Waals surface area contributed by atoms with Crippen LogP contribution in [-0.2, 0) is 6.54 Å². The van der Waals surface area contributed by atoms with Crippen LogP contribution < -0.4 is 4.74 Å². The van der Waals surface area contributed by atoms with Crippen LogP contribution in [-0.4, -0.2) is 24.6 Å². The fourth-order valence-corrected chi connectivity index (χ4v) is 3.14. The minimum Gasteiger partial charge on any atom is -0.494 e. The van der Waals surface area contributed by atoms with E-state index in [1.165, 1.54) is 37.9 Å². The monoisotopic (exact) mass is 295 g/mol. The first-order valence-corrected chi connectivity index (χ1v) is 8.34. The van der Waals surface area contributed by atoms with Gasteiger partial charge in [0.2, 0.25) is 0 Å². The van der Waals surface area contributed by atoms with Crippen molar-refractivity contribution >= 4 is 0 Å². The summed E-state index contributed by atoms with van der Waals surface area (Å²) in [5.41, 5.74) is 1.42. The van der Waals surface area contributed by atoms with Crippen LogP contribution in [0.4, 0.5) is 0 Å². The molecule has 1 fully saturated rings. The average Bonchev–Trinajstić information content (AvgIpc) is 2.58. The molecule has 1 aliphatic rings. The Hall–Kier alpha value is -1.80. The predicted molar refractivity (Wildman–Crippen MR) is 91.0 cm³/mol. The van der Waals surface area contributed by atoms with Gasteiger partial charge in [-0.05, 0) is 56.0 Å². The second kappa shape index (κ2) is 8.00. The molecule has 1 aliphatic heterocycles. The Labute approximate surface area is 133 Å². The van der Waals surface area contributed by atoms with E-state index in [2.05, 4.69) is 35.2 Å². The van der Waals surface area contributed by atoms with Crippen LogP contribution in [0.1, 0.15) is 24.8 Å². The number of para-hydroxylation sites is 1. The van der Waals surface area contributed by atoms with Gasteiger partial charge in [0.25, 0.3) is 0 Å². The highest BCUT2D eigenvalue weighted by atomic mass is 16.5. The molecular formula is C20H25NO. The molecule has 0 atom stereocenters. The van der Waals surface area contributed by atoms with Crippen molar-refractivity contribution in [3.05, 3.63) is 66.2 Å². The number of rotatable bonds is 6. The van der Waals surface area contributed by atoms with Gasteiger partial charge in [-0.25, -0.2) is 0 Å². The Morgan fingerprint density at radius 2 is 1.50 bits per heavy atom. The Bertz CT molecular complexity index is 532. The number of hydrogen-bond donors (Lipinski definition) is 0. The standard InChI is InChI=1S/C20H25NO/c1-3-7-19(8-4-1)17-21-14-11-18(12-15-21)13-16-22-20-9-5-2-6-10-20/h1-10,18H,11-17H2. The zero-order chi connectivity index (χ0) is 15.0. The van der Waals surface area contributed by atoms with Crippen molar-refractivity contribution in [1.82, 2.24) is 4.90 Å². The molecule has 0 amide bonds. The predicted octanol–water partition coefficient (Wildman–Crippen LogP) is 4.37. The van der Waals surface area contributed by atoms with Gasteiger partial charge in [0.1, 0.15) is 5.75 Å². The molecule has 3 rings (SSSR count). The molecule has 0 spiro atoms. The van der Waals surface area contributed by atoms with Crippen molar-refractivity contribution in [1.29, 1.82) is 0 Å². The number of ether oxygens (including phenoxy) is 1. The van der Waals surface area contributed by atoms with Crippen molar-refractivity contribution < 1.29 is 4.74 Å². The second-order valence-electron chi connectivity index (χ2n) is 6.16. The summed E-state index contributed by atoms with van der Waals surface area (Å²) in [5.74, 6) is 1.81. The Kier molecular flexibility index (Phi) is 5.49. The lowest BCUT2D eigenvalue weighted by molar-refractivity contribution is 0.157. The third-order valence-corrected chi connectivity index (χ3v) is 4.49. The van der Waals surface area contributed by atoms with Gasteiger partial charge in [-0.2, -0.15) is 0 Å². The van der Waals surface area contributed by atoms with Gasteiger partial charge in [-0.3, -0.25) is 4.90 Å². The molecule has 1 saturated heterocycles. The van der Waals surface area contributed by atoms with Crippen molar-refractivity contribution in [2.45, 2.75) is 25.8 Å². The average molecular weight is 295 g/mol. The van der Waals surface area contributed by atoms with Gasteiger partial charge < -0.3 is 4.74 Å². The summed E-state index contributed by atoms with van der Waals surface area (Å²) in [7, 11) is 0. The molecule has 2 nitrogen and oxygen atoms in total. The second-order valence-corrected chi connectivity index (χ2v) is 6.16. The first-order valence-electron chi connectivity index (χ1n) is 8.34. The molecule has 0 aliphatic carbocycles. The molecule has 22 heavy (non-hydrogen) atoms. The summed E-state index contributed by atoms with van der Waals surface area (Å²) in [5, 5.41) is 0. The molecule has 2 heteroatoms. The van der Waals surface area contributed by atoms with Crippen LogP contribution in [0.3, 0.4) is 0 Å². The van der Waals surface area contributed by atoms with Crippen molar-refractivity contribution in [3.63, 3.8) is 0 Å². The molecule has 0 unspecified atom stereocenters. The molecule has 0 bridgehead atoms. The van der Waals surface area contributed by atoms with E-state index >= 15 is 0 Å². The van der Waals surface area contributed by atoms with Crippen LogP contribution in [0.25, 0.3) is 0 Å². The quantitative estimate of drug-likeness (QED) is 0.784. The minimum atomic E-state index is 0.815. The van der Waals surface area contributed by atoms with Gasteiger partial charge in [-0.15, -0.1) is 0 Å². The lowest BCUT2D eigenvalue weighted by atomic mass is 9.93. The van der Waals surface area contributed by atoms with Crippen molar-refractivity contribution in [3.8, 4) is 5.75 Å². The summed E-state index contributed by atoms with van der Waals surface area (Å²) >= 11 is 0. The van der Waals surface area contributed by atoms with E-state index in [9.17, 15) is 0 Å². The fraction of sp³-hybridized carbons (Fsp3) is 0.400. The zero-order valence-electron chi connectivity index (χ0n) is 13.2. The van der Waals surface area contributed by atoms with E-state index in [0.29, 0.717) is 0 Å². The van der Waals surface area contributed by atoms with Crippen LogP contribution in [0.15, 0.2) is 60.7 Å². The lowest BCUT2D eigenvalue weighted by Crippen LogP contribution is -2.33. The molecule has 2 aromatic rings. The molecule has 2 aromatic carbocycles. The molecule has 0 N–H and O–H groups in total. The smallest absolute Gasteiger partial charge is 0.119 e. The van der Waals surface area contributed by atoms with Crippen LogP contribution in [0, 0.1) is 5.92 Å². The number of piperidine rings is 1. The zero-order valence-corrected chi connectivity index (χ0v) is 13.2. The summed E-state index contributed by atoms with van der Waals surface area (Å²) in [6, 6.07) is 20.9. The number of likely N-dealkylation sites (tertiary alicyclic amines) is 1. The Balaban J connectivity index is 1.35. The minimum absolute atomic E-state index is 0.815. The van der Waals surface area contributed by atoms with E-state index in [-0.39, 0.29) is 0 Å². The Morgan fingerprint density at radius 3 is 2.18 bits per heavy atom. The van der Waals surface area contributed by atoms with Gasteiger partial charge in [-0.1, -0.05) is 48.5 Å². The van der Waals surface area contributed by atoms with E-state index < -0.39 is 0 Å². The third kappa shape index (κ3) is 4.60. The maximum Gasteiger partial charge on any atom is 0.119 e. The first kappa shape index (κ1) is 15.1. The maximum atomic E-state index is 5.82. The van der Waals surface area contributed by atoms with Gasteiger partial charge >= 0.3 is 0 Å². The largest absolute Gasteiger partial charge is 0.494 e. The van der Waals surface area contributed by atoms with Gasteiger partial charge in [0.15, 0.2) is 0 Å². The summed E-state index contributed by atoms with van der Waals surface area (Å²) < 4.78 is 5.82. The van der Waals surface area contributed by atoms with E-state index in [1.54, 1.807) is 0 Å². The lowest BCUT2D eigenvalue weighted by Gasteiger charge is -2.32. The van der Waals surface area contributed by atoms with Crippen molar-refractivity contribution in [2.75, 3.05) is 19.7 Å². The van der Waals surface area contributed by atoms with Gasteiger partial charge in [0, 0.05) is 6.54 Å². The summed E-state index contributed by atoms with van der Waals surface area (Å²) in [6.45, 7) is 4.36. The normalized spacial score (nSPS) is 16.5. The highest BCUT2D eigenvalue weighted by Gasteiger charge is 2.19. The molecule has 116 valence electrons. The topological polar surface area (TPSA) is 12.5 Å². The highest BCUT2D eigenvalue weighted by molar-refractivity contribution is 5.20. The molecule has 0 saturated carbocycles. The summed E-state index contributed by atoms with van der Waals surface area (Å²) in [6.07, 6.45) is 3.77. The number of hydrogen-bond acceptors (Lipinski definition) is 2. The SMILES string of the molecule is c1ccc(CN2CCC(CCOc3ccccc3)CC2)cc1. The first-order chi connectivity index (χ1) is 10.9. The molecular weight excluding hydrogens is 270 g/mol. The molecule has 0 aromatic heterocycles. The van der Waals surface area contributed by atoms with Crippen LogP contribution in [0.5, 0.6) is 5.75 Å². The van der Waals surface area contributed by atoms with E-state index in [1.807, 2.05) is 30.3 Å². The van der Waals surface area contributed by atoms with Crippen LogP contribution in [0.2, 0.25) is 0 Å². The third-order valence-electron chi connectivity index (χ3n) is 4.49. The number of nitrogens with zero attached hydrogens (tertiary/aromatic N) is 1. The maximum absolute atomic E-state index is 5.82. The number of benzene rings is 2. The highest BCUT2D eigenvalue weighted by Crippen LogP contribution is 2.22. The molecule has 0 radical (unpaired) electrons. The van der Waals surface area contributed by atoms with E-state index in [4.69, 9.17) is 4.74 Å².